The van der Waals surface area contributed by atoms with Gasteiger partial charge in [-0.15, -0.1) is 0 Å². The van der Waals surface area contributed by atoms with Gasteiger partial charge in [0, 0.05) is 6.42 Å². The molecule has 1 unspecified atom stereocenters. The number of esters is 1. The highest BCUT2D eigenvalue weighted by Gasteiger charge is 2.03. The van der Waals surface area contributed by atoms with Crippen LogP contribution in [0.3, 0.4) is 0 Å². The lowest BCUT2D eigenvalue weighted by Gasteiger charge is -2.07. The largest absolute Gasteiger partial charge is 0.466 e. The average molecular weight is 844 g/mol. The fraction of sp³-hybridized carbons (Fsp3) is 0.948. The van der Waals surface area contributed by atoms with Gasteiger partial charge in [-0.2, -0.15) is 0 Å². The Balaban J connectivity index is 3.15. The molecule has 0 spiro atoms. The quantitative estimate of drug-likeness (QED) is 0.0346. The highest BCUT2D eigenvalue weighted by Crippen LogP contribution is 2.19. The number of allylic oxidation sites excluding steroid dienone is 2. The zero-order chi connectivity index (χ0) is 43.3. The first-order valence-corrected chi connectivity index (χ1v) is 28.5. The second-order valence-electron chi connectivity index (χ2n) is 19.9. The second-order valence-corrected chi connectivity index (χ2v) is 19.9. The number of hydrogen-bond acceptors (Lipinski definition) is 2. The summed E-state index contributed by atoms with van der Waals surface area (Å²) >= 11 is 0. The Kier molecular flexibility index (Phi) is 53.6. The van der Waals surface area contributed by atoms with Gasteiger partial charge in [0.05, 0.1) is 6.61 Å². The summed E-state index contributed by atoms with van der Waals surface area (Å²) in [5.41, 5.74) is 0. The predicted octanol–water partition coefficient (Wildman–Crippen LogP) is 21.3. The first-order valence-electron chi connectivity index (χ1n) is 28.5. The lowest BCUT2D eigenvalue weighted by Crippen LogP contribution is -2.05. The molecule has 0 bridgehead atoms. The molecule has 60 heavy (non-hydrogen) atoms. The van der Waals surface area contributed by atoms with Crippen molar-refractivity contribution in [2.75, 3.05) is 6.61 Å². The fourth-order valence-electron chi connectivity index (χ4n) is 9.05. The molecule has 0 saturated carbocycles. The molecule has 0 aliphatic rings. The van der Waals surface area contributed by atoms with E-state index in [1.165, 1.54) is 295 Å². The van der Waals surface area contributed by atoms with E-state index in [1.54, 1.807) is 0 Å². The monoisotopic (exact) mass is 843 g/mol. The third-order valence-corrected chi connectivity index (χ3v) is 13.7. The molecule has 0 saturated heterocycles. The first-order chi connectivity index (χ1) is 29.7. The van der Waals surface area contributed by atoms with Gasteiger partial charge in [0.25, 0.3) is 0 Å². The average Bonchev–Trinajstić information content (AvgIpc) is 3.25. The number of hydrogen-bond donors (Lipinski definition) is 0. The van der Waals surface area contributed by atoms with Gasteiger partial charge in [0.15, 0.2) is 0 Å². The van der Waals surface area contributed by atoms with Gasteiger partial charge in [-0.25, -0.2) is 0 Å². The van der Waals surface area contributed by atoms with Crippen molar-refractivity contribution in [2.45, 2.75) is 342 Å². The molecule has 0 radical (unpaired) electrons. The Morgan fingerprint density at radius 2 is 0.617 bits per heavy atom. The molecule has 0 aliphatic carbocycles. The van der Waals surface area contributed by atoms with Crippen molar-refractivity contribution in [2.24, 2.45) is 5.92 Å². The molecule has 0 heterocycles. The summed E-state index contributed by atoms with van der Waals surface area (Å²) < 4.78 is 5.49. The Labute approximate surface area is 380 Å². The Morgan fingerprint density at radius 1 is 0.350 bits per heavy atom. The molecule has 0 fully saturated rings. The molecule has 0 aliphatic heterocycles. The van der Waals surface area contributed by atoms with E-state index in [9.17, 15) is 4.79 Å². The van der Waals surface area contributed by atoms with Gasteiger partial charge in [-0.1, -0.05) is 309 Å². The van der Waals surface area contributed by atoms with E-state index in [0.717, 1.165) is 25.2 Å². The van der Waals surface area contributed by atoms with Gasteiger partial charge in [-0.05, 0) is 44.4 Å². The van der Waals surface area contributed by atoms with Crippen molar-refractivity contribution < 1.29 is 9.53 Å². The van der Waals surface area contributed by atoms with Crippen LogP contribution in [0.25, 0.3) is 0 Å². The van der Waals surface area contributed by atoms with E-state index in [4.69, 9.17) is 4.74 Å². The van der Waals surface area contributed by atoms with E-state index in [-0.39, 0.29) is 5.97 Å². The number of rotatable bonds is 53. The van der Waals surface area contributed by atoms with E-state index >= 15 is 0 Å². The van der Waals surface area contributed by atoms with Crippen LogP contribution in [0.4, 0.5) is 0 Å². The topological polar surface area (TPSA) is 26.3 Å². The van der Waals surface area contributed by atoms with Gasteiger partial charge in [0.2, 0.25) is 0 Å². The SMILES string of the molecule is CCCCCCCC/C=C\CCCCCCCC(=O)OCCCCCCCCCCCCCCCCCCCCCCCCCCCCCCCCCCCCC(C)CC. The maximum absolute atomic E-state index is 12.0. The minimum absolute atomic E-state index is 0.0222. The molecule has 2 nitrogen and oxygen atoms in total. The normalized spacial score (nSPS) is 12.2. The van der Waals surface area contributed by atoms with Crippen molar-refractivity contribution in [3.8, 4) is 0 Å². The molecule has 2 heteroatoms. The van der Waals surface area contributed by atoms with Crippen molar-refractivity contribution >= 4 is 5.97 Å². The molecule has 0 aromatic carbocycles. The maximum Gasteiger partial charge on any atom is 0.305 e. The summed E-state index contributed by atoms with van der Waals surface area (Å²) in [5.74, 6) is 0.963. The molecular weight excluding hydrogens is 729 g/mol. The number of ether oxygens (including phenoxy) is 1. The van der Waals surface area contributed by atoms with Gasteiger partial charge in [-0.3, -0.25) is 4.79 Å². The van der Waals surface area contributed by atoms with Gasteiger partial charge in [0.1, 0.15) is 0 Å². The minimum Gasteiger partial charge on any atom is -0.466 e. The summed E-state index contributed by atoms with van der Waals surface area (Å²) in [6.45, 7) is 7.64. The van der Waals surface area contributed by atoms with Crippen LogP contribution in [0, 0.1) is 5.92 Å². The Bertz CT molecular complexity index is 803. The van der Waals surface area contributed by atoms with Crippen LogP contribution in [0.1, 0.15) is 342 Å². The summed E-state index contributed by atoms with van der Waals surface area (Å²) in [5, 5.41) is 0. The molecule has 0 rings (SSSR count). The summed E-state index contributed by atoms with van der Waals surface area (Å²) in [6.07, 6.45) is 73.9. The first kappa shape index (κ1) is 59.2. The molecule has 358 valence electrons. The van der Waals surface area contributed by atoms with Crippen molar-refractivity contribution in [3.05, 3.63) is 12.2 Å². The van der Waals surface area contributed by atoms with E-state index in [2.05, 4.69) is 32.9 Å². The highest BCUT2D eigenvalue weighted by atomic mass is 16.5. The van der Waals surface area contributed by atoms with Gasteiger partial charge >= 0.3 is 5.97 Å². The third kappa shape index (κ3) is 53.3. The lowest BCUT2D eigenvalue weighted by atomic mass is 9.99. The van der Waals surface area contributed by atoms with Crippen LogP contribution >= 0.6 is 0 Å². The van der Waals surface area contributed by atoms with Crippen LogP contribution in [0.15, 0.2) is 12.2 Å². The third-order valence-electron chi connectivity index (χ3n) is 13.7. The van der Waals surface area contributed by atoms with Crippen LogP contribution in [0.2, 0.25) is 0 Å². The zero-order valence-corrected chi connectivity index (χ0v) is 42.1. The number of carbonyl (C=O) groups is 1. The number of unbranched alkanes of at least 4 members (excludes halogenated alkanes) is 44. The van der Waals surface area contributed by atoms with Crippen LogP contribution in [-0.2, 0) is 9.53 Å². The molecule has 0 amide bonds. The molecule has 0 aromatic rings. The van der Waals surface area contributed by atoms with Gasteiger partial charge < -0.3 is 4.74 Å². The van der Waals surface area contributed by atoms with E-state index in [0.29, 0.717) is 13.0 Å². The molecular formula is C58H114O2. The van der Waals surface area contributed by atoms with Crippen molar-refractivity contribution in [1.82, 2.24) is 0 Å². The zero-order valence-electron chi connectivity index (χ0n) is 42.1. The van der Waals surface area contributed by atoms with Crippen molar-refractivity contribution in [1.29, 1.82) is 0 Å². The summed E-state index contributed by atoms with van der Waals surface area (Å²) in [7, 11) is 0. The number of carbonyl (C=O) groups excluding carboxylic acids is 1. The molecule has 0 N–H and O–H groups in total. The van der Waals surface area contributed by atoms with E-state index in [1.807, 2.05) is 0 Å². The maximum atomic E-state index is 12.0. The van der Waals surface area contributed by atoms with Crippen LogP contribution < -0.4 is 0 Å². The standard InChI is InChI=1S/C58H114O2/c1-4-6-7-8-9-10-11-12-33-37-40-43-46-49-52-55-58(59)60-56-53-50-47-44-41-38-35-32-30-28-26-24-22-20-18-16-14-13-15-17-19-21-23-25-27-29-31-34-36-39-42-45-48-51-54-57(3)5-2/h12,33,57H,4-11,13-32,34-56H2,1-3H3/b33-12-. The summed E-state index contributed by atoms with van der Waals surface area (Å²) in [4.78, 5) is 12.0. The Hall–Kier alpha value is -0.790. The predicted molar refractivity (Wildman–Crippen MR) is 271 cm³/mol. The molecule has 0 aromatic heterocycles. The second kappa shape index (κ2) is 54.3. The fourth-order valence-corrected chi connectivity index (χ4v) is 9.05. The van der Waals surface area contributed by atoms with Crippen LogP contribution in [-0.4, -0.2) is 12.6 Å². The smallest absolute Gasteiger partial charge is 0.305 e. The van der Waals surface area contributed by atoms with E-state index < -0.39 is 0 Å². The summed E-state index contributed by atoms with van der Waals surface area (Å²) in [6, 6.07) is 0. The molecule has 1 atom stereocenters. The van der Waals surface area contributed by atoms with Crippen molar-refractivity contribution in [3.63, 3.8) is 0 Å². The Morgan fingerprint density at radius 3 is 0.933 bits per heavy atom. The highest BCUT2D eigenvalue weighted by molar-refractivity contribution is 5.69. The minimum atomic E-state index is 0.0222. The van der Waals surface area contributed by atoms with Crippen LogP contribution in [0.5, 0.6) is 0 Å². The lowest BCUT2D eigenvalue weighted by molar-refractivity contribution is -0.143.